The molecule has 1 heterocycles. The van der Waals surface area contributed by atoms with Crippen molar-refractivity contribution >= 4 is 27.6 Å². The number of ketones is 1. The lowest BCUT2D eigenvalue weighted by Gasteiger charge is -2.10. The van der Waals surface area contributed by atoms with Gasteiger partial charge in [-0.25, -0.2) is 4.79 Å². The number of carbonyl (C=O) groups is 2. The van der Waals surface area contributed by atoms with E-state index in [-0.39, 0.29) is 18.1 Å². The highest BCUT2D eigenvalue weighted by Gasteiger charge is 2.08. The van der Waals surface area contributed by atoms with Gasteiger partial charge in [0.25, 0.3) is 0 Å². The van der Waals surface area contributed by atoms with Gasteiger partial charge < -0.3 is 19.6 Å². The Morgan fingerprint density at radius 2 is 1.73 bits per heavy atom. The van der Waals surface area contributed by atoms with E-state index in [2.05, 4.69) is 15.6 Å². The monoisotopic (exact) mass is 469 g/mol. The maximum atomic E-state index is 12.2. The molecule has 2 N–H and O–H groups in total. The van der Waals surface area contributed by atoms with Crippen molar-refractivity contribution < 1.29 is 26.9 Å². The number of ether oxygens (including phenoxy) is 1. The topological polar surface area (TPSA) is 124 Å². The van der Waals surface area contributed by atoms with Crippen LogP contribution in [-0.4, -0.2) is 31.5 Å². The first-order valence-corrected chi connectivity index (χ1v) is 11.8. The van der Waals surface area contributed by atoms with Gasteiger partial charge in [0.15, 0.2) is 5.78 Å². The molecular weight excluding hydrogens is 446 g/mol. The zero-order valence-corrected chi connectivity index (χ0v) is 18.9. The van der Waals surface area contributed by atoms with Crippen LogP contribution in [0.5, 0.6) is 17.2 Å². The maximum Gasteiger partial charge on any atom is 0.319 e. The summed E-state index contributed by atoms with van der Waals surface area (Å²) in [5.41, 5.74) is 1.58. The number of aromatic nitrogens is 1. The summed E-state index contributed by atoms with van der Waals surface area (Å²) in [5.74, 6) is 1.13. The number of carbonyl (C=O) groups excluding carboxylic acids is 2. The summed E-state index contributed by atoms with van der Waals surface area (Å²) in [6.45, 7) is 2.03. The van der Waals surface area contributed by atoms with Gasteiger partial charge in [-0.15, -0.1) is 0 Å². The number of nitrogens with zero attached hydrogens (tertiary/aromatic N) is 1. The van der Waals surface area contributed by atoms with E-state index >= 15 is 0 Å². The van der Waals surface area contributed by atoms with Crippen LogP contribution in [0, 0.1) is 0 Å². The van der Waals surface area contributed by atoms with E-state index in [1.54, 1.807) is 55.5 Å². The summed E-state index contributed by atoms with van der Waals surface area (Å²) in [6, 6.07) is 16.0. The number of rotatable bonds is 9. The van der Waals surface area contributed by atoms with Crippen LogP contribution in [0.1, 0.15) is 29.4 Å². The number of hydrogen-bond acceptors (Lipinski definition) is 7. The molecule has 0 spiro atoms. The standard InChI is InChI=1S/C23H23N3O6S/c1-3-22(27)21-14-19(11-12-24-21)31-18-9-7-16(8-10-18)15-25-23(28)26-17-5-4-6-20(13-17)32-33(2,29)30/h4-14H,3,15H2,1-2H3,(H2,25,26,28). The third-order valence-corrected chi connectivity index (χ3v) is 4.79. The van der Waals surface area contributed by atoms with Crippen molar-refractivity contribution in [3.8, 4) is 17.2 Å². The molecule has 0 bridgehead atoms. The van der Waals surface area contributed by atoms with Crippen LogP contribution >= 0.6 is 0 Å². The maximum absolute atomic E-state index is 12.2. The highest BCUT2D eigenvalue weighted by atomic mass is 32.2. The minimum atomic E-state index is -3.66. The Bertz CT molecular complexity index is 1240. The first-order valence-electron chi connectivity index (χ1n) is 10.0. The third kappa shape index (κ3) is 7.62. The minimum Gasteiger partial charge on any atom is -0.457 e. The molecule has 3 rings (SSSR count). The van der Waals surface area contributed by atoms with E-state index < -0.39 is 16.1 Å². The van der Waals surface area contributed by atoms with Crippen molar-refractivity contribution in [1.82, 2.24) is 10.3 Å². The SMILES string of the molecule is CCC(=O)c1cc(Oc2ccc(CNC(=O)Nc3cccc(OS(C)(=O)=O)c3)cc2)ccn1. The molecule has 0 aliphatic rings. The second kappa shape index (κ2) is 10.6. The smallest absolute Gasteiger partial charge is 0.319 e. The van der Waals surface area contributed by atoms with Crippen molar-refractivity contribution in [3.05, 3.63) is 78.1 Å². The minimum absolute atomic E-state index is 0.0604. The average Bonchev–Trinajstić information content (AvgIpc) is 2.77. The van der Waals surface area contributed by atoms with Crippen molar-refractivity contribution in [2.24, 2.45) is 0 Å². The highest BCUT2D eigenvalue weighted by molar-refractivity contribution is 7.86. The summed E-state index contributed by atoms with van der Waals surface area (Å²) >= 11 is 0. The first kappa shape index (κ1) is 23.7. The predicted octanol–water partition coefficient (Wildman–Crippen LogP) is 4.13. The molecule has 0 aliphatic heterocycles. The fourth-order valence-corrected chi connectivity index (χ4v) is 3.23. The second-order valence-corrected chi connectivity index (χ2v) is 8.60. The van der Waals surface area contributed by atoms with Crippen LogP contribution in [0.2, 0.25) is 0 Å². The molecular formula is C23H23N3O6S. The van der Waals surface area contributed by atoms with E-state index in [4.69, 9.17) is 8.92 Å². The highest BCUT2D eigenvalue weighted by Crippen LogP contribution is 2.22. The quantitative estimate of drug-likeness (QED) is 0.357. The summed E-state index contributed by atoms with van der Waals surface area (Å²) in [6.07, 6.45) is 2.83. The Hall–Kier alpha value is -3.92. The lowest BCUT2D eigenvalue weighted by molar-refractivity contribution is 0.0983. The summed E-state index contributed by atoms with van der Waals surface area (Å²) in [7, 11) is -3.66. The average molecular weight is 470 g/mol. The number of hydrogen-bond donors (Lipinski definition) is 2. The van der Waals surface area contributed by atoms with E-state index in [1.165, 1.54) is 18.3 Å². The van der Waals surface area contributed by atoms with Crippen molar-refractivity contribution in [3.63, 3.8) is 0 Å². The summed E-state index contributed by atoms with van der Waals surface area (Å²) < 4.78 is 33.0. The molecule has 9 nitrogen and oxygen atoms in total. The van der Waals surface area contributed by atoms with Gasteiger partial charge in [0.05, 0.1) is 6.26 Å². The number of Topliss-reactive ketones (excluding diaryl/α,β-unsaturated/α-hetero) is 1. The van der Waals surface area contributed by atoms with E-state index in [9.17, 15) is 18.0 Å². The van der Waals surface area contributed by atoms with E-state index in [0.29, 0.717) is 29.3 Å². The van der Waals surface area contributed by atoms with Crippen LogP contribution in [-0.2, 0) is 16.7 Å². The predicted molar refractivity (Wildman–Crippen MR) is 123 cm³/mol. The number of nitrogens with one attached hydrogen (secondary N) is 2. The van der Waals surface area contributed by atoms with Gasteiger partial charge in [0, 0.05) is 37.0 Å². The number of urea groups is 1. The molecule has 0 atom stereocenters. The van der Waals surface area contributed by atoms with Crippen molar-refractivity contribution in [1.29, 1.82) is 0 Å². The molecule has 0 aliphatic carbocycles. The molecule has 2 amide bonds. The lowest BCUT2D eigenvalue weighted by Crippen LogP contribution is -2.28. The van der Waals surface area contributed by atoms with Crippen molar-refractivity contribution in [2.45, 2.75) is 19.9 Å². The molecule has 0 fully saturated rings. The van der Waals surface area contributed by atoms with Crippen LogP contribution < -0.4 is 19.6 Å². The number of anilines is 1. The number of benzene rings is 2. The Balaban J connectivity index is 1.53. The molecule has 33 heavy (non-hydrogen) atoms. The van der Waals surface area contributed by atoms with Gasteiger partial charge in [-0.2, -0.15) is 8.42 Å². The zero-order chi connectivity index (χ0) is 23.8. The Kier molecular flexibility index (Phi) is 7.62. The number of amides is 2. The number of pyridine rings is 1. The van der Waals surface area contributed by atoms with E-state index in [1.807, 2.05) is 0 Å². The summed E-state index contributed by atoms with van der Waals surface area (Å²) in [4.78, 5) is 28.0. The zero-order valence-electron chi connectivity index (χ0n) is 18.1. The Labute approximate surface area is 191 Å². The van der Waals surface area contributed by atoms with Crippen LogP contribution in [0.4, 0.5) is 10.5 Å². The Morgan fingerprint density at radius 3 is 2.42 bits per heavy atom. The Morgan fingerprint density at radius 1 is 0.970 bits per heavy atom. The fourth-order valence-electron chi connectivity index (χ4n) is 2.78. The normalized spacial score (nSPS) is 10.8. The van der Waals surface area contributed by atoms with Crippen LogP contribution in [0.3, 0.4) is 0 Å². The molecule has 172 valence electrons. The molecule has 2 aromatic carbocycles. The summed E-state index contributed by atoms with van der Waals surface area (Å²) in [5, 5.41) is 5.33. The fraction of sp³-hybridized carbons (Fsp3) is 0.174. The van der Waals surface area contributed by atoms with Gasteiger partial charge in [0.2, 0.25) is 0 Å². The molecule has 0 saturated heterocycles. The van der Waals surface area contributed by atoms with Crippen LogP contribution in [0.15, 0.2) is 66.9 Å². The third-order valence-electron chi connectivity index (χ3n) is 4.29. The molecule has 10 heteroatoms. The van der Waals surface area contributed by atoms with Crippen molar-refractivity contribution in [2.75, 3.05) is 11.6 Å². The van der Waals surface area contributed by atoms with Crippen LogP contribution in [0.25, 0.3) is 0 Å². The van der Waals surface area contributed by atoms with Gasteiger partial charge in [-0.3, -0.25) is 9.78 Å². The molecule has 0 unspecified atom stereocenters. The molecule has 0 radical (unpaired) electrons. The van der Waals surface area contributed by atoms with Gasteiger partial charge >= 0.3 is 16.1 Å². The largest absolute Gasteiger partial charge is 0.457 e. The second-order valence-electron chi connectivity index (χ2n) is 7.02. The molecule has 3 aromatic rings. The lowest BCUT2D eigenvalue weighted by atomic mass is 10.2. The molecule has 1 aromatic heterocycles. The van der Waals surface area contributed by atoms with Gasteiger partial charge in [0.1, 0.15) is 22.9 Å². The molecule has 0 saturated carbocycles. The van der Waals surface area contributed by atoms with Gasteiger partial charge in [-0.05, 0) is 35.9 Å². The van der Waals surface area contributed by atoms with Gasteiger partial charge in [-0.1, -0.05) is 25.1 Å². The first-order chi connectivity index (χ1) is 15.7. The van der Waals surface area contributed by atoms with E-state index in [0.717, 1.165) is 11.8 Å².